The standard InChI is InChI=1S/C10H9NO2/c1-6-4-11-9-7(6)2-3-8-10(9)13-5-12-8/h2-4,11H,5H2,1H3. The third kappa shape index (κ3) is 0.786. The van der Waals surface area contributed by atoms with Gasteiger partial charge in [0.1, 0.15) is 0 Å². The van der Waals surface area contributed by atoms with Crippen LogP contribution in [0, 0.1) is 6.92 Å². The Morgan fingerprint density at radius 1 is 1.31 bits per heavy atom. The summed E-state index contributed by atoms with van der Waals surface area (Å²) in [4.78, 5) is 3.18. The summed E-state index contributed by atoms with van der Waals surface area (Å²) < 4.78 is 10.6. The SMILES string of the molecule is Cc1c[nH]c2c3c(ccc12)OCO3. The highest BCUT2D eigenvalue weighted by molar-refractivity contribution is 5.90. The van der Waals surface area contributed by atoms with E-state index in [0.717, 1.165) is 17.0 Å². The number of H-pyrrole nitrogens is 1. The molecule has 1 aromatic heterocycles. The Labute approximate surface area is 75.3 Å². The quantitative estimate of drug-likeness (QED) is 0.666. The maximum Gasteiger partial charge on any atom is 0.231 e. The molecule has 0 spiro atoms. The third-order valence-corrected chi connectivity index (χ3v) is 2.40. The van der Waals surface area contributed by atoms with Gasteiger partial charge in [0.25, 0.3) is 0 Å². The number of ether oxygens (including phenoxy) is 2. The van der Waals surface area contributed by atoms with E-state index in [9.17, 15) is 0 Å². The Balaban J connectivity index is 2.44. The molecule has 1 aliphatic heterocycles. The van der Waals surface area contributed by atoms with Gasteiger partial charge in [-0.1, -0.05) is 0 Å². The van der Waals surface area contributed by atoms with Gasteiger partial charge in [-0.05, 0) is 24.6 Å². The van der Waals surface area contributed by atoms with Crippen molar-refractivity contribution in [2.45, 2.75) is 6.92 Å². The summed E-state index contributed by atoms with van der Waals surface area (Å²) in [6.45, 7) is 2.40. The molecule has 0 saturated carbocycles. The van der Waals surface area contributed by atoms with Crippen LogP contribution in [0.15, 0.2) is 18.3 Å². The van der Waals surface area contributed by atoms with Crippen molar-refractivity contribution in [3.8, 4) is 11.5 Å². The van der Waals surface area contributed by atoms with E-state index in [1.165, 1.54) is 10.9 Å². The van der Waals surface area contributed by atoms with Gasteiger partial charge < -0.3 is 14.5 Å². The van der Waals surface area contributed by atoms with Gasteiger partial charge >= 0.3 is 0 Å². The lowest BCUT2D eigenvalue weighted by Gasteiger charge is -1.97. The number of aromatic amines is 1. The predicted molar refractivity (Wildman–Crippen MR) is 49.2 cm³/mol. The number of aromatic nitrogens is 1. The minimum absolute atomic E-state index is 0.326. The van der Waals surface area contributed by atoms with Gasteiger partial charge in [-0.25, -0.2) is 0 Å². The summed E-state index contributed by atoms with van der Waals surface area (Å²) in [6.07, 6.45) is 1.98. The van der Waals surface area contributed by atoms with Crippen molar-refractivity contribution in [3.05, 3.63) is 23.9 Å². The van der Waals surface area contributed by atoms with E-state index < -0.39 is 0 Å². The molecule has 0 saturated heterocycles. The largest absolute Gasteiger partial charge is 0.454 e. The molecule has 2 heterocycles. The molecular weight excluding hydrogens is 166 g/mol. The second-order valence-electron chi connectivity index (χ2n) is 3.19. The molecule has 0 fully saturated rings. The topological polar surface area (TPSA) is 34.2 Å². The van der Waals surface area contributed by atoms with Crippen molar-refractivity contribution in [1.29, 1.82) is 0 Å². The molecule has 1 N–H and O–H groups in total. The number of nitrogens with one attached hydrogen (secondary N) is 1. The highest BCUT2D eigenvalue weighted by Crippen LogP contribution is 2.39. The monoisotopic (exact) mass is 175 g/mol. The van der Waals surface area contributed by atoms with Gasteiger partial charge in [-0.2, -0.15) is 0 Å². The van der Waals surface area contributed by atoms with Crippen LogP contribution in [0.5, 0.6) is 11.5 Å². The van der Waals surface area contributed by atoms with Gasteiger partial charge in [0.2, 0.25) is 6.79 Å². The van der Waals surface area contributed by atoms with Gasteiger partial charge in [-0.3, -0.25) is 0 Å². The number of aryl methyl sites for hydroxylation is 1. The first-order chi connectivity index (χ1) is 6.36. The second kappa shape index (κ2) is 2.19. The molecule has 0 unspecified atom stereocenters. The average Bonchev–Trinajstić information content (AvgIpc) is 2.70. The van der Waals surface area contributed by atoms with Gasteiger partial charge in [0.05, 0.1) is 5.52 Å². The minimum atomic E-state index is 0.326. The minimum Gasteiger partial charge on any atom is -0.454 e. The Morgan fingerprint density at radius 2 is 2.23 bits per heavy atom. The fourth-order valence-corrected chi connectivity index (χ4v) is 1.70. The highest BCUT2D eigenvalue weighted by Gasteiger charge is 2.17. The van der Waals surface area contributed by atoms with Crippen LogP contribution in [0.3, 0.4) is 0 Å². The first-order valence-electron chi connectivity index (χ1n) is 4.22. The lowest BCUT2D eigenvalue weighted by Crippen LogP contribution is -1.93. The highest BCUT2D eigenvalue weighted by atomic mass is 16.7. The fraction of sp³-hybridized carbons (Fsp3) is 0.200. The number of benzene rings is 1. The van der Waals surface area contributed by atoms with Crippen molar-refractivity contribution in [2.75, 3.05) is 6.79 Å². The summed E-state index contributed by atoms with van der Waals surface area (Å²) in [5.74, 6) is 1.67. The lowest BCUT2D eigenvalue weighted by atomic mass is 10.2. The summed E-state index contributed by atoms with van der Waals surface area (Å²) in [5.41, 5.74) is 2.26. The Hall–Kier alpha value is -1.64. The van der Waals surface area contributed by atoms with E-state index in [4.69, 9.17) is 9.47 Å². The Morgan fingerprint density at radius 3 is 3.15 bits per heavy atom. The lowest BCUT2D eigenvalue weighted by molar-refractivity contribution is 0.174. The third-order valence-electron chi connectivity index (χ3n) is 2.40. The van der Waals surface area contributed by atoms with Crippen LogP contribution < -0.4 is 9.47 Å². The maximum atomic E-state index is 5.37. The molecule has 1 aliphatic rings. The van der Waals surface area contributed by atoms with Crippen molar-refractivity contribution in [2.24, 2.45) is 0 Å². The molecule has 3 nitrogen and oxygen atoms in total. The van der Waals surface area contributed by atoms with E-state index in [1.807, 2.05) is 12.3 Å². The van der Waals surface area contributed by atoms with Crippen molar-refractivity contribution in [1.82, 2.24) is 4.98 Å². The van der Waals surface area contributed by atoms with E-state index >= 15 is 0 Å². The number of rotatable bonds is 0. The molecule has 66 valence electrons. The first-order valence-corrected chi connectivity index (χ1v) is 4.22. The zero-order valence-electron chi connectivity index (χ0n) is 7.26. The molecule has 0 bridgehead atoms. The molecular formula is C10H9NO2. The van der Waals surface area contributed by atoms with Crippen LogP contribution in [0.4, 0.5) is 0 Å². The van der Waals surface area contributed by atoms with E-state index in [-0.39, 0.29) is 0 Å². The zero-order valence-corrected chi connectivity index (χ0v) is 7.26. The van der Waals surface area contributed by atoms with Crippen LogP contribution in [0.25, 0.3) is 10.9 Å². The summed E-state index contributed by atoms with van der Waals surface area (Å²) >= 11 is 0. The Bertz CT molecular complexity index is 473. The zero-order chi connectivity index (χ0) is 8.84. The van der Waals surface area contributed by atoms with E-state index in [1.54, 1.807) is 0 Å². The predicted octanol–water partition coefficient (Wildman–Crippen LogP) is 2.21. The first kappa shape index (κ1) is 6.83. The molecule has 0 amide bonds. The van der Waals surface area contributed by atoms with E-state index in [2.05, 4.69) is 18.0 Å². The number of hydrogen-bond donors (Lipinski definition) is 1. The normalized spacial score (nSPS) is 13.9. The average molecular weight is 175 g/mol. The molecule has 0 aliphatic carbocycles. The number of hydrogen-bond acceptors (Lipinski definition) is 2. The van der Waals surface area contributed by atoms with Crippen LogP contribution in [-0.2, 0) is 0 Å². The summed E-state index contributed by atoms with van der Waals surface area (Å²) in [7, 11) is 0. The van der Waals surface area contributed by atoms with Crippen LogP contribution >= 0.6 is 0 Å². The maximum absolute atomic E-state index is 5.37. The van der Waals surface area contributed by atoms with Gasteiger partial charge in [-0.15, -0.1) is 0 Å². The molecule has 1 aromatic carbocycles. The molecule has 2 aromatic rings. The molecule has 13 heavy (non-hydrogen) atoms. The Kier molecular flexibility index (Phi) is 1.15. The van der Waals surface area contributed by atoms with Crippen molar-refractivity contribution in [3.63, 3.8) is 0 Å². The summed E-state index contributed by atoms with van der Waals surface area (Å²) in [6, 6.07) is 4.00. The van der Waals surface area contributed by atoms with Crippen molar-refractivity contribution >= 4 is 10.9 Å². The fourth-order valence-electron chi connectivity index (χ4n) is 1.70. The summed E-state index contributed by atoms with van der Waals surface area (Å²) in [5, 5.41) is 1.20. The second-order valence-corrected chi connectivity index (χ2v) is 3.19. The van der Waals surface area contributed by atoms with Crippen molar-refractivity contribution < 1.29 is 9.47 Å². The van der Waals surface area contributed by atoms with Gasteiger partial charge in [0, 0.05) is 11.6 Å². The van der Waals surface area contributed by atoms with E-state index in [0.29, 0.717) is 6.79 Å². The van der Waals surface area contributed by atoms with Crippen LogP contribution in [-0.4, -0.2) is 11.8 Å². The number of fused-ring (bicyclic) bond motifs is 3. The smallest absolute Gasteiger partial charge is 0.231 e. The van der Waals surface area contributed by atoms with Crippen LogP contribution in [0.2, 0.25) is 0 Å². The van der Waals surface area contributed by atoms with Crippen LogP contribution in [0.1, 0.15) is 5.56 Å². The molecule has 0 radical (unpaired) electrons. The molecule has 0 atom stereocenters. The molecule has 3 heteroatoms. The molecule has 3 rings (SSSR count). The van der Waals surface area contributed by atoms with Gasteiger partial charge in [0.15, 0.2) is 11.5 Å².